The number of aliphatic carboxylic acids is 1. The smallest absolute Gasteiger partial charge is 0.320 e. The van der Waals surface area contributed by atoms with Crippen LogP contribution in [-0.2, 0) is 14.8 Å². The Bertz CT molecular complexity index is 408. The van der Waals surface area contributed by atoms with Crippen LogP contribution in [0.5, 0.6) is 0 Å². The quantitative estimate of drug-likeness (QED) is 0.713. The van der Waals surface area contributed by atoms with Crippen molar-refractivity contribution in [2.75, 3.05) is 19.6 Å². The van der Waals surface area contributed by atoms with Crippen LogP contribution in [0.4, 0.5) is 0 Å². The van der Waals surface area contributed by atoms with Gasteiger partial charge in [-0.1, -0.05) is 20.8 Å². The molecule has 1 heterocycles. The van der Waals surface area contributed by atoms with Crippen molar-refractivity contribution in [2.45, 2.75) is 44.9 Å². The Kier molecular flexibility index (Phi) is 5.76. The fraction of sp³-hybridized carbons (Fsp3) is 0.917. The molecule has 1 rings (SSSR count). The van der Waals surface area contributed by atoms with E-state index in [1.54, 1.807) is 11.8 Å². The van der Waals surface area contributed by atoms with E-state index in [1.807, 2.05) is 13.8 Å². The predicted molar refractivity (Wildman–Crippen MR) is 73.5 cm³/mol. The van der Waals surface area contributed by atoms with E-state index in [0.717, 1.165) is 0 Å². The third kappa shape index (κ3) is 4.43. The molecule has 0 amide bonds. The number of carboxylic acid groups (broad SMARTS) is 1. The maximum absolute atomic E-state index is 11.9. The van der Waals surface area contributed by atoms with Crippen LogP contribution in [0.1, 0.15) is 33.6 Å². The highest BCUT2D eigenvalue weighted by Gasteiger charge is 2.38. The van der Waals surface area contributed by atoms with E-state index in [2.05, 4.69) is 4.72 Å². The third-order valence-electron chi connectivity index (χ3n) is 3.38. The number of carboxylic acids is 1. The molecule has 1 aliphatic rings. The molecule has 0 radical (unpaired) electrons. The van der Waals surface area contributed by atoms with Crippen molar-refractivity contribution in [1.29, 1.82) is 0 Å². The van der Waals surface area contributed by atoms with Crippen molar-refractivity contribution < 1.29 is 18.3 Å². The minimum absolute atomic E-state index is 0.269. The van der Waals surface area contributed by atoms with Crippen molar-refractivity contribution in [3.8, 4) is 0 Å². The number of hydrogen-bond donors (Lipinski definition) is 2. The molecule has 0 saturated carbocycles. The average molecular weight is 292 g/mol. The molecule has 19 heavy (non-hydrogen) atoms. The monoisotopic (exact) mass is 292 g/mol. The molecule has 1 aliphatic heterocycles. The Balaban J connectivity index is 2.71. The van der Waals surface area contributed by atoms with Gasteiger partial charge in [0.15, 0.2) is 0 Å². The molecule has 0 aromatic carbocycles. The van der Waals surface area contributed by atoms with E-state index in [4.69, 9.17) is 0 Å². The lowest BCUT2D eigenvalue weighted by Crippen LogP contribution is -2.43. The van der Waals surface area contributed by atoms with E-state index in [-0.39, 0.29) is 5.92 Å². The lowest BCUT2D eigenvalue weighted by Gasteiger charge is -2.25. The Hall–Kier alpha value is -0.660. The lowest BCUT2D eigenvalue weighted by molar-refractivity contribution is -0.143. The van der Waals surface area contributed by atoms with Gasteiger partial charge in [0.05, 0.1) is 5.25 Å². The van der Waals surface area contributed by atoms with Crippen molar-refractivity contribution in [3.05, 3.63) is 0 Å². The molecule has 6 nitrogen and oxygen atoms in total. The zero-order valence-electron chi connectivity index (χ0n) is 11.8. The summed E-state index contributed by atoms with van der Waals surface area (Å²) in [6.07, 6.45) is 1.04. The minimum Gasteiger partial charge on any atom is -0.480 e. The minimum atomic E-state index is -3.32. The predicted octanol–water partition coefficient (Wildman–Crippen LogP) is 0.499. The van der Waals surface area contributed by atoms with Crippen LogP contribution in [0, 0.1) is 5.92 Å². The zero-order valence-corrected chi connectivity index (χ0v) is 12.6. The molecule has 2 N–H and O–H groups in total. The number of nitrogens with one attached hydrogen (secondary N) is 1. The van der Waals surface area contributed by atoms with Crippen LogP contribution in [0.3, 0.4) is 0 Å². The second-order valence-electron chi connectivity index (χ2n) is 5.43. The van der Waals surface area contributed by atoms with Crippen LogP contribution in [-0.4, -0.2) is 55.3 Å². The molecule has 0 spiro atoms. The molecule has 0 aromatic heterocycles. The molecule has 1 saturated heterocycles. The van der Waals surface area contributed by atoms with Gasteiger partial charge in [-0.3, -0.25) is 9.69 Å². The summed E-state index contributed by atoms with van der Waals surface area (Å²) in [5.74, 6) is -0.597. The summed E-state index contributed by atoms with van der Waals surface area (Å²) in [5.41, 5.74) is 0. The van der Waals surface area contributed by atoms with Crippen LogP contribution in [0.2, 0.25) is 0 Å². The number of hydrogen-bond acceptors (Lipinski definition) is 4. The van der Waals surface area contributed by atoms with Crippen LogP contribution in [0.15, 0.2) is 0 Å². The largest absolute Gasteiger partial charge is 0.480 e. The van der Waals surface area contributed by atoms with Gasteiger partial charge in [-0.25, -0.2) is 13.1 Å². The zero-order chi connectivity index (χ0) is 14.6. The molecule has 1 fully saturated rings. The molecular formula is C12H24N2O4S. The number of nitrogens with zero attached hydrogens (tertiary/aromatic N) is 1. The second kappa shape index (κ2) is 6.67. The molecule has 0 aliphatic carbocycles. The van der Waals surface area contributed by atoms with Gasteiger partial charge in [0.1, 0.15) is 6.04 Å². The molecule has 7 heteroatoms. The first-order chi connectivity index (χ1) is 8.77. The molecule has 112 valence electrons. The fourth-order valence-corrected chi connectivity index (χ4v) is 3.90. The Labute approximate surface area is 115 Å². The van der Waals surface area contributed by atoms with Crippen LogP contribution < -0.4 is 4.72 Å². The number of rotatable bonds is 7. The van der Waals surface area contributed by atoms with Crippen LogP contribution in [0.25, 0.3) is 0 Å². The first-order valence-electron chi connectivity index (χ1n) is 6.73. The van der Waals surface area contributed by atoms with Gasteiger partial charge < -0.3 is 5.11 Å². The van der Waals surface area contributed by atoms with Gasteiger partial charge >= 0.3 is 5.97 Å². The molecule has 2 atom stereocenters. The fourth-order valence-electron chi connectivity index (χ4n) is 2.46. The highest BCUT2D eigenvalue weighted by Crippen LogP contribution is 2.22. The highest BCUT2D eigenvalue weighted by molar-refractivity contribution is 7.90. The van der Waals surface area contributed by atoms with E-state index < -0.39 is 27.3 Å². The standard InChI is InChI=1S/C12H24N2O4S/c1-4-13-19(17,18)10-5-6-14(8-10)11(12(15)16)7-9(2)3/h9-11,13H,4-8H2,1-3H3,(H,15,16). The molecular weight excluding hydrogens is 268 g/mol. The lowest BCUT2D eigenvalue weighted by atomic mass is 10.0. The molecule has 0 bridgehead atoms. The third-order valence-corrected chi connectivity index (χ3v) is 5.33. The summed E-state index contributed by atoms with van der Waals surface area (Å²) in [6.45, 7) is 6.88. The SMILES string of the molecule is CCNS(=O)(=O)C1CCN(C(CC(C)C)C(=O)O)C1. The van der Waals surface area contributed by atoms with E-state index in [9.17, 15) is 18.3 Å². The second-order valence-corrected chi connectivity index (χ2v) is 7.48. The van der Waals surface area contributed by atoms with Gasteiger partial charge in [-0.05, 0) is 18.8 Å². The Morgan fingerprint density at radius 3 is 2.58 bits per heavy atom. The van der Waals surface area contributed by atoms with Gasteiger partial charge in [0.2, 0.25) is 10.0 Å². The Morgan fingerprint density at radius 2 is 2.11 bits per heavy atom. The van der Waals surface area contributed by atoms with Gasteiger partial charge in [0.25, 0.3) is 0 Å². The maximum atomic E-state index is 11.9. The van der Waals surface area contributed by atoms with Crippen LogP contribution >= 0.6 is 0 Å². The van der Waals surface area contributed by atoms with E-state index in [0.29, 0.717) is 32.5 Å². The molecule has 0 aromatic rings. The highest BCUT2D eigenvalue weighted by atomic mass is 32.2. The van der Waals surface area contributed by atoms with Crippen molar-refractivity contribution >= 4 is 16.0 Å². The summed E-state index contributed by atoms with van der Waals surface area (Å²) in [7, 11) is -3.32. The van der Waals surface area contributed by atoms with E-state index >= 15 is 0 Å². The maximum Gasteiger partial charge on any atom is 0.320 e. The summed E-state index contributed by atoms with van der Waals surface area (Å²) in [4.78, 5) is 13.1. The van der Waals surface area contributed by atoms with Crippen molar-refractivity contribution in [2.24, 2.45) is 5.92 Å². The summed E-state index contributed by atoms with van der Waals surface area (Å²) in [5, 5.41) is 8.77. The van der Waals surface area contributed by atoms with Gasteiger partial charge in [0, 0.05) is 19.6 Å². The topological polar surface area (TPSA) is 86.7 Å². The number of likely N-dealkylation sites (tertiary alicyclic amines) is 1. The number of sulfonamides is 1. The van der Waals surface area contributed by atoms with Gasteiger partial charge in [-0.15, -0.1) is 0 Å². The summed E-state index contributed by atoms with van der Waals surface area (Å²) in [6, 6.07) is -0.582. The van der Waals surface area contributed by atoms with Crippen molar-refractivity contribution in [3.63, 3.8) is 0 Å². The van der Waals surface area contributed by atoms with Gasteiger partial charge in [-0.2, -0.15) is 0 Å². The normalized spacial score (nSPS) is 22.8. The summed E-state index contributed by atoms with van der Waals surface area (Å²) < 4.78 is 26.3. The summed E-state index contributed by atoms with van der Waals surface area (Å²) >= 11 is 0. The number of carbonyl (C=O) groups is 1. The average Bonchev–Trinajstić information content (AvgIpc) is 2.74. The molecule has 2 unspecified atom stereocenters. The Morgan fingerprint density at radius 1 is 1.47 bits per heavy atom. The first-order valence-corrected chi connectivity index (χ1v) is 8.27. The first kappa shape index (κ1) is 16.4. The van der Waals surface area contributed by atoms with E-state index in [1.165, 1.54) is 0 Å². The van der Waals surface area contributed by atoms with Crippen molar-refractivity contribution in [1.82, 2.24) is 9.62 Å².